The molecule has 15 heteroatoms. The number of hydrogen-bond acceptors (Lipinski definition) is 8. The number of methoxy groups -OCH3 is 2. The van der Waals surface area contributed by atoms with Gasteiger partial charge in [0.25, 0.3) is 0 Å². The van der Waals surface area contributed by atoms with Crippen molar-refractivity contribution in [3.8, 4) is 34.1 Å². The maximum atomic E-state index is 14.0. The number of hydrogen-bond donors (Lipinski definition) is 1. The molecule has 0 saturated heterocycles. The van der Waals surface area contributed by atoms with Crippen LogP contribution in [0.1, 0.15) is 97.9 Å². The zero-order chi connectivity index (χ0) is 40.7. The highest BCUT2D eigenvalue weighted by Crippen LogP contribution is 2.45. The number of carboxylic acid groups (broad SMARTS) is 1. The van der Waals surface area contributed by atoms with Crippen LogP contribution in [0.2, 0.25) is 0 Å². The molecule has 0 aliphatic heterocycles. The average Bonchev–Trinajstić information content (AvgIpc) is 3.91. The van der Waals surface area contributed by atoms with Crippen molar-refractivity contribution in [2.45, 2.75) is 102 Å². The number of rotatable bonds is 16. The van der Waals surface area contributed by atoms with E-state index in [0.29, 0.717) is 46.4 Å². The molecule has 0 atom stereocenters. The van der Waals surface area contributed by atoms with Crippen molar-refractivity contribution in [3.63, 3.8) is 0 Å². The molecule has 0 bridgehead atoms. The summed E-state index contributed by atoms with van der Waals surface area (Å²) in [5.41, 5.74) is -0.0290. The number of benzene rings is 3. The average molecular weight is 802 g/mol. The van der Waals surface area contributed by atoms with Gasteiger partial charge in [0, 0.05) is 25.1 Å². The zero-order valence-electron chi connectivity index (χ0n) is 31.7. The van der Waals surface area contributed by atoms with Gasteiger partial charge in [0.2, 0.25) is 5.95 Å². The molecule has 1 aromatic heterocycles. The maximum absolute atomic E-state index is 14.0. The number of nitrogens with zero attached hydrogens (tertiary/aromatic N) is 3. The molecule has 2 aliphatic carbocycles. The molecule has 1 heterocycles. The first kappa shape index (κ1) is 41.4. The summed E-state index contributed by atoms with van der Waals surface area (Å²) in [5, 5.41) is 8.94. The van der Waals surface area contributed by atoms with Crippen LogP contribution in [-0.2, 0) is 30.2 Å². The summed E-state index contributed by atoms with van der Waals surface area (Å²) < 4.78 is 108. The second kappa shape index (κ2) is 17.9. The van der Waals surface area contributed by atoms with Crippen LogP contribution in [0.3, 0.4) is 0 Å². The van der Waals surface area contributed by atoms with E-state index < -0.39 is 36.0 Å². The van der Waals surface area contributed by atoms with Crippen molar-refractivity contribution in [2.75, 3.05) is 25.7 Å². The third-order valence-electron chi connectivity index (χ3n) is 10.4. The Balaban J connectivity index is 1.47. The molecular formula is C42H45F6N3O6. The molecule has 57 heavy (non-hydrogen) atoms. The Bertz CT molecular complexity index is 1960. The van der Waals surface area contributed by atoms with Gasteiger partial charge in [0.05, 0.1) is 50.5 Å². The van der Waals surface area contributed by atoms with Gasteiger partial charge in [-0.25, -0.2) is 9.97 Å². The Morgan fingerprint density at radius 2 is 1.40 bits per heavy atom. The summed E-state index contributed by atoms with van der Waals surface area (Å²) in [5.74, 6) is 1.01. The van der Waals surface area contributed by atoms with E-state index in [1.165, 1.54) is 24.4 Å². The van der Waals surface area contributed by atoms with Gasteiger partial charge in [-0.1, -0.05) is 18.9 Å². The lowest BCUT2D eigenvalue weighted by Gasteiger charge is -2.27. The Kier molecular flexibility index (Phi) is 13.0. The second-order valence-corrected chi connectivity index (χ2v) is 14.5. The van der Waals surface area contributed by atoms with Crippen LogP contribution in [0.4, 0.5) is 32.3 Å². The Labute approximate surface area is 326 Å². The number of aliphatic carboxylic acids is 1. The van der Waals surface area contributed by atoms with Crippen molar-refractivity contribution < 1.29 is 55.2 Å². The molecule has 3 aromatic carbocycles. The van der Waals surface area contributed by atoms with E-state index in [4.69, 9.17) is 24.1 Å². The SMILES string of the molecule is COc1cc(CN(Cc2cc(C(F)(F)F)cc(C(F)(F)F)c2)c2ncc(OCCCC(=O)O)cn2)c(-c2cc(C3CCCC3)ccc2OC)cc1OC1CCCC1. The largest absolute Gasteiger partial charge is 0.496 e. The molecule has 0 unspecified atom stereocenters. The maximum Gasteiger partial charge on any atom is 0.416 e. The highest BCUT2D eigenvalue weighted by Gasteiger charge is 2.37. The smallest absolute Gasteiger partial charge is 0.416 e. The van der Waals surface area contributed by atoms with E-state index in [2.05, 4.69) is 22.1 Å². The number of carbonyl (C=O) groups is 1. The Morgan fingerprint density at radius 1 is 0.772 bits per heavy atom. The second-order valence-electron chi connectivity index (χ2n) is 14.5. The first-order chi connectivity index (χ1) is 27.2. The summed E-state index contributed by atoms with van der Waals surface area (Å²) in [6.45, 7) is -0.487. The van der Waals surface area contributed by atoms with Crippen LogP contribution in [-0.4, -0.2) is 48.0 Å². The van der Waals surface area contributed by atoms with Gasteiger partial charge >= 0.3 is 18.3 Å². The first-order valence-corrected chi connectivity index (χ1v) is 19.0. The van der Waals surface area contributed by atoms with E-state index in [-0.39, 0.29) is 55.4 Å². The number of ether oxygens (including phenoxy) is 4. The minimum atomic E-state index is -5.05. The van der Waals surface area contributed by atoms with Gasteiger partial charge in [-0.3, -0.25) is 4.79 Å². The number of anilines is 1. The molecule has 6 rings (SSSR count). The highest BCUT2D eigenvalue weighted by molar-refractivity contribution is 5.77. The van der Waals surface area contributed by atoms with Crippen LogP contribution in [0.5, 0.6) is 23.0 Å². The topological polar surface area (TPSA) is 103 Å². The lowest BCUT2D eigenvalue weighted by Crippen LogP contribution is -2.25. The zero-order valence-corrected chi connectivity index (χ0v) is 31.7. The summed E-state index contributed by atoms with van der Waals surface area (Å²) >= 11 is 0. The van der Waals surface area contributed by atoms with Crippen LogP contribution in [0.25, 0.3) is 11.1 Å². The molecule has 0 spiro atoms. The van der Waals surface area contributed by atoms with Crippen molar-refractivity contribution in [3.05, 3.63) is 88.7 Å². The molecule has 0 amide bonds. The van der Waals surface area contributed by atoms with Crippen LogP contribution in [0, 0.1) is 0 Å². The molecular weight excluding hydrogens is 756 g/mol. The molecule has 0 radical (unpaired) electrons. The van der Waals surface area contributed by atoms with E-state index >= 15 is 0 Å². The normalized spacial score (nSPS) is 15.2. The highest BCUT2D eigenvalue weighted by atomic mass is 19.4. The standard InChI is InChI=1S/C42H45F6N3O6/c1-54-36-14-13-28(27-8-3-4-9-27)18-35(36)34-21-38(57-32-10-5-6-11-32)37(55-2)19-29(34)25-51(40-49-22-33(23-50-40)56-15-7-12-39(52)53)24-26-16-30(41(43,44)45)20-31(17-26)42(46,47)48/h13-14,16-23,27,32H,3-12,15,24-25H2,1-2H3,(H,52,53). The number of aromatic nitrogens is 2. The fourth-order valence-corrected chi connectivity index (χ4v) is 7.56. The summed E-state index contributed by atoms with van der Waals surface area (Å²) in [6, 6.07) is 11.1. The minimum absolute atomic E-state index is 0.0123. The molecule has 1 N–H and O–H groups in total. The Hall–Kier alpha value is -5.21. The lowest BCUT2D eigenvalue weighted by molar-refractivity contribution is -0.143. The Morgan fingerprint density at radius 3 is 2.00 bits per heavy atom. The monoisotopic (exact) mass is 801 g/mol. The summed E-state index contributed by atoms with van der Waals surface area (Å²) in [6.07, 6.45) is 0.743. The summed E-state index contributed by atoms with van der Waals surface area (Å²) in [7, 11) is 3.06. The van der Waals surface area contributed by atoms with Gasteiger partial charge in [-0.15, -0.1) is 0 Å². The van der Waals surface area contributed by atoms with E-state index in [1.54, 1.807) is 13.2 Å². The fourth-order valence-electron chi connectivity index (χ4n) is 7.56. The quantitative estimate of drug-likeness (QED) is 0.0876. The molecule has 4 aromatic rings. The van der Waals surface area contributed by atoms with Gasteiger partial charge in [0.1, 0.15) is 5.75 Å². The first-order valence-electron chi connectivity index (χ1n) is 19.0. The van der Waals surface area contributed by atoms with Crippen LogP contribution < -0.4 is 23.8 Å². The number of alkyl halides is 6. The fraction of sp³-hybridized carbons (Fsp3) is 0.452. The third-order valence-corrected chi connectivity index (χ3v) is 10.4. The van der Waals surface area contributed by atoms with Gasteiger partial charge in [-0.05, 0) is 116 Å². The van der Waals surface area contributed by atoms with Gasteiger partial charge in [-0.2, -0.15) is 26.3 Å². The van der Waals surface area contributed by atoms with Crippen molar-refractivity contribution >= 4 is 11.9 Å². The predicted octanol–water partition coefficient (Wildman–Crippen LogP) is 10.6. The van der Waals surface area contributed by atoms with E-state index in [9.17, 15) is 31.1 Å². The number of carboxylic acids is 1. The lowest BCUT2D eigenvalue weighted by atomic mass is 9.91. The molecule has 306 valence electrons. The van der Waals surface area contributed by atoms with Crippen molar-refractivity contribution in [1.29, 1.82) is 0 Å². The predicted molar refractivity (Wildman–Crippen MR) is 200 cm³/mol. The molecule has 2 fully saturated rings. The van der Waals surface area contributed by atoms with Gasteiger partial charge < -0.3 is 29.0 Å². The van der Waals surface area contributed by atoms with E-state index in [1.807, 2.05) is 12.1 Å². The minimum Gasteiger partial charge on any atom is -0.496 e. The third kappa shape index (κ3) is 10.6. The van der Waals surface area contributed by atoms with Crippen LogP contribution >= 0.6 is 0 Å². The van der Waals surface area contributed by atoms with Crippen molar-refractivity contribution in [1.82, 2.24) is 9.97 Å². The van der Waals surface area contributed by atoms with Crippen LogP contribution in [0.15, 0.2) is 60.9 Å². The molecule has 2 saturated carbocycles. The number of halogens is 6. The summed E-state index contributed by atoms with van der Waals surface area (Å²) in [4.78, 5) is 21.2. The molecule has 2 aliphatic rings. The van der Waals surface area contributed by atoms with Crippen molar-refractivity contribution in [2.24, 2.45) is 0 Å². The van der Waals surface area contributed by atoms with E-state index in [0.717, 1.165) is 62.5 Å². The van der Waals surface area contributed by atoms with Gasteiger partial charge in [0.15, 0.2) is 17.2 Å². The molecule has 9 nitrogen and oxygen atoms in total.